The number of nitriles is 1. The molecule has 304 valence electrons. The number of carbonyl (C=O) groups excluding carboxylic acids is 3. The normalized spacial score (nSPS) is 23.6. The molecule has 2 saturated carbocycles. The highest BCUT2D eigenvalue weighted by molar-refractivity contribution is 7.59. The van der Waals surface area contributed by atoms with Gasteiger partial charge in [0.05, 0.1) is 19.2 Å². The number of rotatable bonds is 12. The molecule has 6 rings (SSSR count). The second-order valence-electron chi connectivity index (χ2n) is 15.9. The summed E-state index contributed by atoms with van der Waals surface area (Å²) in [7, 11) is -2.94. The van der Waals surface area contributed by atoms with Crippen LogP contribution < -0.4 is 20.1 Å². The average molecular weight is 829 g/mol. The van der Waals surface area contributed by atoms with Gasteiger partial charge >= 0.3 is 13.5 Å². The van der Waals surface area contributed by atoms with Crippen molar-refractivity contribution in [1.82, 2.24) is 20.5 Å². The van der Waals surface area contributed by atoms with Gasteiger partial charge in [-0.15, -0.1) is 6.58 Å². The van der Waals surface area contributed by atoms with Crippen molar-refractivity contribution in [2.24, 2.45) is 11.3 Å². The quantitative estimate of drug-likeness (QED) is 0.114. The third-order valence-corrected chi connectivity index (χ3v) is 14.0. The van der Waals surface area contributed by atoms with Crippen LogP contribution in [0.4, 0.5) is 13.6 Å². The number of methoxy groups -OCH3 is 1. The number of carbonyl (C=O) groups is 3. The Hall–Kier alpha value is -4.77. The molecule has 6 atom stereocenters. The minimum atomic E-state index is -4.37. The van der Waals surface area contributed by atoms with Gasteiger partial charge in [-0.25, -0.2) is 23.1 Å². The first-order valence-electron chi connectivity index (χ1n) is 18.7. The van der Waals surface area contributed by atoms with Gasteiger partial charge < -0.3 is 34.6 Å². The number of halogens is 3. The van der Waals surface area contributed by atoms with Gasteiger partial charge in [-0.1, -0.05) is 44.5 Å². The first-order valence-corrected chi connectivity index (χ1v) is 20.9. The van der Waals surface area contributed by atoms with Crippen LogP contribution in [0, 0.1) is 34.3 Å². The lowest BCUT2D eigenvalue weighted by Crippen LogP contribution is -2.58. The van der Waals surface area contributed by atoms with Crippen molar-refractivity contribution in [3.8, 4) is 17.6 Å². The summed E-state index contributed by atoms with van der Waals surface area (Å²) in [6.07, 6.45) is 1.86. The maximum absolute atomic E-state index is 14.7. The zero-order valence-electron chi connectivity index (χ0n) is 32.1. The molecule has 3 fully saturated rings. The van der Waals surface area contributed by atoms with Crippen molar-refractivity contribution in [3.05, 3.63) is 77.0 Å². The first kappa shape index (κ1) is 41.9. The number of nitrogens with one attached hydrogen (secondary N) is 2. The third kappa shape index (κ3) is 8.45. The van der Waals surface area contributed by atoms with E-state index in [1.54, 1.807) is 32.9 Å². The molecule has 17 heteroatoms. The molecule has 13 nitrogen and oxygen atoms in total. The van der Waals surface area contributed by atoms with Crippen LogP contribution in [0.3, 0.4) is 0 Å². The SMILES string of the molecule is C=C[C@@H]1C[C@]1(NC(=O)[C@@H]1C[C@@H](Oc2cc(C#N)nc3c(Cl)c(OC)ccc23)CN1C(=O)[C@@H](NC(=O)OC1CCCC1)C(C)(C)C)P(=O)([OH2+])Cc1c(F)cccc1F. The van der Waals surface area contributed by atoms with Crippen molar-refractivity contribution in [1.29, 1.82) is 5.26 Å². The van der Waals surface area contributed by atoms with Crippen molar-refractivity contribution in [3.63, 3.8) is 0 Å². The molecule has 1 aliphatic heterocycles. The lowest BCUT2D eigenvalue weighted by molar-refractivity contribution is -0.142. The highest BCUT2D eigenvalue weighted by Crippen LogP contribution is 2.71. The summed E-state index contributed by atoms with van der Waals surface area (Å²) >= 11 is 6.57. The molecule has 57 heavy (non-hydrogen) atoms. The van der Waals surface area contributed by atoms with E-state index in [2.05, 4.69) is 22.2 Å². The van der Waals surface area contributed by atoms with E-state index in [9.17, 15) is 33.0 Å². The van der Waals surface area contributed by atoms with Crippen LogP contribution in [0.15, 0.2) is 49.1 Å². The molecule has 4 N–H and O–H groups in total. The van der Waals surface area contributed by atoms with Gasteiger partial charge in [0.15, 0.2) is 5.28 Å². The molecule has 1 aromatic heterocycles. The van der Waals surface area contributed by atoms with Gasteiger partial charge in [0, 0.05) is 29.4 Å². The van der Waals surface area contributed by atoms with E-state index in [1.807, 2.05) is 6.07 Å². The predicted molar refractivity (Wildman–Crippen MR) is 208 cm³/mol. The summed E-state index contributed by atoms with van der Waals surface area (Å²) in [5.74, 6) is -3.51. The zero-order valence-corrected chi connectivity index (χ0v) is 33.7. The van der Waals surface area contributed by atoms with Gasteiger partial charge in [-0.3, -0.25) is 9.59 Å². The number of fused-ring (bicyclic) bond motifs is 1. The molecule has 3 aliphatic rings. The highest BCUT2D eigenvalue weighted by atomic mass is 35.5. The molecule has 1 saturated heterocycles. The van der Waals surface area contributed by atoms with Crippen LogP contribution in [0.2, 0.25) is 5.02 Å². The molecule has 2 heterocycles. The molecule has 0 bridgehead atoms. The molecule has 3 aromatic rings. The maximum atomic E-state index is 14.7. The Morgan fingerprint density at radius 2 is 1.86 bits per heavy atom. The summed E-state index contributed by atoms with van der Waals surface area (Å²) in [6.45, 7) is 8.85. The van der Waals surface area contributed by atoms with Gasteiger partial charge in [0.2, 0.25) is 11.8 Å². The lowest BCUT2D eigenvalue weighted by Gasteiger charge is -2.35. The molecule has 1 unspecified atom stereocenters. The van der Waals surface area contributed by atoms with Gasteiger partial charge in [0.1, 0.15) is 70.4 Å². The number of ether oxygens (including phenoxy) is 3. The Labute approximate surface area is 334 Å². The average Bonchev–Trinajstić information content (AvgIpc) is 3.41. The molecule has 2 aromatic carbocycles. The van der Waals surface area contributed by atoms with E-state index in [1.165, 1.54) is 24.2 Å². The van der Waals surface area contributed by atoms with Crippen molar-refractivity contribution >= 4 is 47.8 Å². The van der Waals surface area contributed by atoms with Crippen LogP contribution >= 0.6 is 19.0 Å². The molecule has 2 aliphatic carbocycles. The van der Waals surface area contributed by atoms with E-state index in [4.69, 9.17) is 30.7 Å². The van der Waals surface area contributed by atoms with E-state index in [0.717, 1.165) is 31.0 Å². The molecule has 0 radical (unpaired) electrons. The topological polar surface area (TPSA) is 183 Å². The zero-order chi connectivity index (χ0) is 41.4. The smallest absolute Gasteiger partial charge is 0.408 e. The fourth-order valence-electron chi connectivity index (χ4n) is 7.75. The number of amides is 3. The Balaban J connectivity index is 1.34. The Morgan fingerprint density at radius 3 is 2.46 bits per heavy atom. The Kier molecular flexibility index (Phi) is 11.9. The third-order valence-electron chi connectivity index (χ3n) is 11.0. The molecule has 0 spiro atoms. The minimum Gasteiger partial charge on any atom is -0.495 e. The van der Waals surface area contributed by atoms with Crippen LogP contribution in [-0.4, -0.2) is 75.9 Å². The number of aromatic nitrogens is 1. The summed E-state index contributed by atoms with van der Waals surface area (Å²) in [5, 5.41) is 14.1. The fraction of sp³-hybridized carbons (Fsp3) is 0.475. The van der Waals surface area contributed by atoms with Crippen LogP contribution in [0.5, 0.6) is 11.5 Å². The molecular formula is C40H46ClF2N5O8P+. The number of hydrogen-bond donors (Lipinski definition) is 2. The van der Waals surface area contributed by atoms with E-state index in [0.29, 0.717) is 24.0 Å². The molecular weight excluding hydrogens is 783 g/mol. The number of pyridine rings is 1. The molecule has 3 amide bonds. The van der Waals surface area contributed by atoms with Crippen LogP contribution in [0.1, 0.15) is 70.6 Å². The maximum Gasteiger partial charge on any atom is 0.408 e. The lowest BCUT2D eigenvalue weighted by atomic mass is 9.85. The predicted octanol–water partition coefficient (Wildman–Crippen LogP) is 6.70. The number of benzene rings is 2. The van der Waals surface area contributed by atoms with E-state index in [-0.39, 0.29) is 47.5 Å². The summed E-state index contributed by atoms with van der Waals surface area (Å²) in [6, 6.07) is 7.35. The number of likely N-dealkylation sites (tertiary alicyclic amines) is 1. The first-order chi connectivity index (χ1) is 26.9. The number of alkyl carbamates (subject to hydrolysis) is 1. The fourth-order valence-corrected chi connectivity index (χ4v) is 10.5. The standard InChI is InChI=1S/C40H45ClF2N5O8P/c1-6-22-18-40(22,57(52,53)21-27-28(42)12-9-13-29(27)43)47-36(49)30-17-25(55-32-16-23(19-44)45-34-26(32)14-15-31(54-5)33(34)41)20-48(30)37(50)35(39(2,3)4)46-38(51)56-24-10-7-8-11-24/h6,9,12-16,22,24-25,30,35H,1,7-8,10-11,17-18,20-21H2,2-5H3,(H,46,51)(H,47,49)(H,52,53)/p+1/t22-,25-,30+,35-,40+/m1/s1. The monoisotopic (exact) mass is 828 g/mol. The van der Waals surface area contributed by atoms with Gasteiger partial charge in [0.25, 0.3) is 0 Å². The van der Waals surface area contributed by atoms with E-state index >= 15 is 0 Å². The second kappa shape index (κ2) is 16.2. The van der Waals surface area contributed by atoms with E-state index < -0.39 is 83.4 Å². The number of nitrogens with zero attached hydrogens (tertiary/aromatic N) is 3. The minimum absolute atomic E-state index is 0.0169. The van der Waals surface area contributed by atoms with Gasteiger partial charge in [-0.05, 0) is 61.8 Å². The second-order valence-corrected chi connectivity index (χ2v) is 18.9. The number of hydrogen-bond acceptors (Lipinski definition) is 9. The summed E-state index contributed by atoms with van der Waals surface area (Å²) in [4.78, 5) is 56.9. The van der Waals surface area contributed by atoms with Crippen molar-refractivity contribution in [2.45, 2.75) is 95.0 Å². The highest BCUT2D eigenvalue weighted by Gasteiger charge is 2.70. The van der Waals surface area contributed by atoms with Crippen molar-refractivity contribution < 1.29 is 46.8 Å². The van der Waals surface area contributed by atoms with Crippen LogP contribution in [-0.2, 0) is 25.1 Å². The van der Waals surface area contributed by atoms with Crippen molar-refractivity contribution in [2.75, 3.05) is 13.7 Å². The Bertz CT molecular complexity index is 2170. The summed E-state index contributed by atoms with van der Waals surface area (Å²) < 4.78 is 61.1. The largest absolute Gasteiger partial charge is 0.495 e. The van der Waals surface area contributed by atoms with Gasteiger partial charge in [-0.2, -0.15) is 5.26 Å². The summed E-state index contributed by atoms with van der Waals surface area (Å²) in [5.41, 5.74) is -1.20. The Morgan fingerprint density at radius 1 is 1.18 bits per heavy atom. The van der Waals surface area contributed by atoms with Crippen LogP contribution in [0.25, 0.3) is 10.9 Å².